The molecule has 64 valence electrons. The molecule has 0 rings (SSSR count). The monoisotopic (exact) mass is 184 g/mol. The van der Waals surface area contributed by atoms with E-state index in [9.17, 15) is 12.3 Å². The SMILES string of the molecule is C=C(C=COC)O[Si](F)(F)F. The highest BCUT2D eigenvalue weighted by Crippen LogP contribution is 2.14. The van der Waals surface area contributed by atoms with E-state index in [2.05, 4.69) is 15.7 Å². The maximum absolute atomic E-state index is 11.5. The number of hydrogen-bond donors (Lipinski definition) is 0. The number of methoxy groups -OCH3 is 1. The third kappa shape index (κ3) is 6.98. The van der Waals surface area contributed by atoms with Gasteiger partial charge in [0.1, 0.15) is 5.76 Å². The Bertz CT molecular complexity index is 164. The standard InChI is InChI=1S/C5H7F3O2Si/c1-5(3-4-9-2)10-11(6,7)8/h3-4H,1H2,2H3. The van der Waals surface area contributed by atoms with Crippen LogP contribution in [0.3, 0.4) is 0 Å². The Balaban J connectivity index is 3.80. The summed E-state index contributed by atoms with van der Waals surface area (Å²) < 4.78 is 42.4. The van der Waals surface area contributed by atoms with Crippen LogP contribution in [-0.4, -0.2) is 16.4 Å². The zero-order valence-electron chi connectivity index (χ0n) is 5.81. The number of hydrogen-bond acceptors (Lipinski definition) is 2. The minimum atomic E-state index is -5.98. The second-order valence-corrected chi connectivity index (χ2v) is 2.65. The Kier molecular flexibility index (Phi) is 3.73. The predicted molar refractivity (Wildman–Crippen MR) is 35.5 cm³/mol. The highest BCUT2D eigenvalue weighted by molar-refractivity contribution is 6.51. The molecule has 0 aliphatic heterocycles. The summed E-state index contributed by atoms with van der Waals surface area (Å²) in [7, 11) is -4.66. The number of allylic oxidation sites excluding steroid dienone is 1. The van der Waals surface area contributed by atoms with Gasteiger partial charge in [0.25, 0.3) is 0 Å². The van der Waals surface area contributed by atoms with E-state index >= 15 is 0 Å². The van der Waals surface area contributed by atoms with Crippen molar-refractivity contribution in [3.63, 3.8) is 0 Å². The first kappa shape index (κ1) is 10.1. The molecule has 0 heterocycles. The summed E-state index contributed by atoms with van der Waals surface area (Å²) in [6.45, 7) is 3.00. The number of halogens is 3. The Morgan fingerprint density at radius 2 is 2.00 bits per heavy atom. The third-order valence-corrected chi connectivity index (χ3v) is 1.13. The van der Waals surface area contributed by atoms with E-state index in [1.165, 1.54) is 7.11 Å². The van der Waals surface area contributed by atoms with Crippen molar-refractivity contribution in [3.8, 4) is 0 Å². The lowest BCUT2D eigenvalue weighted by Crippen LogP contribution is -2.19. The first-order valence-corrected chi connectivity index (χ1v) is 4.14. The van der Waals surface area contributed by atoms with Gasteiger partial charge in [-0.2, -0.15) is 0 Å². The Hall–Kier alpha value is -0.913. The molecule has 2 nitrogen and oxygen atoms in total. The molecule has 0 spiro atoms. The van der Waals surface area contributed by atoms with Gasteiger partial charge in [-0.15, -0.1) is 0 Å². The topological polar surface area (TPSA) is 18.5 Å². The smallest absolute Gasteiger partial charge is 0.504 e. The van der Waals surface area contributed by atoms with Crippen molar-refractivity contribution in [1.29, 1.82) is 0 Å². The minimum Gasteiger partial charge on any atom is -0.504 e. The van der Waals surface area contributed by atoms with Crippen molar-refractivity contribution < 1.29 is 21.5 Å². The normalized spacial score (nSPS) is 11.6. The Morgan fingerprint density at radius 1 is 1.45 bits per heavy atom. The van der Waals surface area contributed by atoms with E-state index in [4.69, 9.17) is 0 Å². The van der Waals surface area contributed by atoms with E-state index in [1.807, 2.05) is 0 Å². The minimum absolute atomic E-state index is 0.453. The van der Waals surface area contributed by atoms with Crippen LogP contribution in [-0.2, 0) is 9.16 Å². The fraction of sp³-hybridized carbons (Fsp3) is 0.200. The molecule has 0 amide bonds. The fourth-order valence-electron chi connectivity index (χ4n) is 0.327. The molecule has 0 aromatic rings. The van der Waals surface area contributed by atoms with Gasteiger partial charge >= 0.3 is 9.32 Å². The second kappa shape index (κ2) is 4.07. The van der Waals surface area contributed by atoms with Crippen LogP contribution in [0.25, 0.3) is 0 Å². The first-order valence-electron chi connectivity index (χ1n) is 2.59. The highest BCUT2D eigenvalue weighted by Gasteiger charge is 2.44. The van der Waals surface area contributed by atoms with Crippen molar-refractivity contribution in [1.82, 2.24) is 0 Å². The Labute approximate surface area is 63.6 Å². The summed E-state index contributed by atoms with van der Waals surface area (Å²) in [5.74, 6) is -0.453. The lowest BCUT2D eigenvalue weighted by molar-refractivity contribution is 0.241. The molecule has 0 radical (unpaired) electrons. The van der Waals surface area contributed by atoms with Crippen LogP contribution in [0.5, 0.6) is 0 Å². The lowest BCUT2D eigenvalue weighted by Gasteiger charge is -2.04. The zero-order chi connectivity index (χ0) is 8.91. The molecule has 0 aliphatic carbocycles. The highest BCUT2D eigenvalue weighted by atomic mass is 28.5. The molecule has 0 aromatic heterocycles. The van der Waals surface area contributed by atoms with Gasteiger partial charge in [0.2, 0.25) is 0 Å². The maximum Gasteiger partial charge on any atom is 0.875 e. The molecule has 0 unspecified atom stereocenters. The molecule has 0 fully saturated rings. The Morgan fingerprint density at radius 3 is 2.36 bits per heavy atom. The van der Waals surface area contributed by atoms with Crippen LogP contribution >= 0.6 is 0 Å². The predicted octanol–water partition coefficient (Wildman–Crippen LogP) is 2.02. The average Bonchev–Trinajstić information content (AvgIpc) is 1.79. The van der Waals surface area contributed by atoms with Gasteiger partial charge in [0.05, 0.1) is 13.4 Å². The molecule has 0 aromatic carbocycles. The van der Waals surface area contributed by atoms with Gasteiger partial charge in [-0.25, -0.2) is 12.3 Å². The van der Waals surface area contributed by atoms with Crippen LogP contribution in [0.2, 0.25) is 0 Å². The zero-order valence-corrected chi connectivity index (χ0v) is 6.81. The van der Waals surface area contributed by atoms with E-state index in [0.29, 0.717) is 0 Å². The molecule has 0 saturated heterocycles. The maximum atomic E-state index is 11.5. The lowest BCUT2D eigenvalue weighted by atomic mass is 10.5. The van der Waals surface area contributed by atoms with Gasteiger partial charge in [0.15, 0.2) is 0 Å². The summed E-state index contributed by atoms with van der Waals surface area (Å²) in [5.41, 5.74) is 0. The fourth-order valence-corrected chi connectivity index (χ4v) is 0.692. The van der Waals surface area contributed by atoms with Gasteiger partial charge in [-0.05, 0) is 0 Å². The van der Waals surface area contributed by atoms with Crippen molar-refractivity contribution in [3.05, 3.63) is 24.7 Å². The van der Waals surface area contributed by atoms with Crippen molar-refractivity contribution in [2.75, 3.05) is 7.11 Å². The van der Waals surface area contributed by atoms with E-state index in [1.54, 1.807) is 0 Å². The number of rotatable bonds is 4. The molecule has 0 N–H and O–H groups in total. The molecular weight excluding hydrogens is 177 g/mol. The largest absolute Gasteiger partial charge is 0.875 e. The van der Waals surface area contributed by atoms with Gasteiger partial charge in [-0.3, -0.25) is 0 Å². The van der Waals surface area contributed by atoms with E-state index in [0.717, 1.165) is 12.3 Å². The van der Waals surface area contributed by atoms with Crippen LogP contribution in [0.15, 0.2) is 24.7 Å². The van der Waals surface area contributed by atoms with Crippen molar-refractivity contribution in [2.45, 2.75) is 0 Å². The molecule has 0 bridgehead atoms. The molecule has 6 heteroatoms. The average molecular weight is 184 g/mol. The summed E-state index contributed by atoms with van der Waals surface area (Å²) in [6, 6.07) is 0. The summed E-state index contributed by atoms with van der Waals surface area (Å²) in [4.78, 5) is 0. The van der Waals surface area contributed by atoms with Crippen LogP contribution in [0.4, 0.5) is 12.3 Å². The summed E-state index contributed by atoms with van der Waals surface area (Å²) >= 11 is 0. The van der Waals surface area contributed by atoms with Gasteiger partial charge in [0, 0.05) is 6.08 Å². The summed E-state index contributed by atoms with van der Waals surface area (Å²) in [6.07, 6.45) is 2.06. The van der Waals surface area contributed by atoms with E-state index in [-0.39, 0.29) is 0 Å². The van der Waals surface area contributed by atoms with Gasteiger partial charge < -0.3 is 9.16 Å². The summed E-state index contributed by atoms with van der Waals surface area (Å²) in [5, 5.41) is 0. The first-order chi connectivity index (χ1) is 4.95. The third-order valence-electron chi connectivity index (χ3n) is 0.637. The molecule has 0 saturated carbocycles. The molecule has 11 heavy (non-hydrogen) atoms. The van der Waals surface area contributed by atoms with Crippen LogP contribution in [0.1, 0.15) is 0 Å². The second-order valence-electron chi connectivity index (χ2n) is 1.55. The van der Waals surface area contributed by atoms with E-state index < -0.39 is 15.1 Å². The van der Waals surface area contributed by atoms with Crippen LogP contribution in [0, 0.1) is 0 Å². The molecule has 0 atom stereocenters. The van der Waals surface area contributed by atoms with Crippen molar-refractivity contribution >= 4 is 9.32 Å². The molecular formula is C5H7F3O2Si. The quantitative estimate of drug-likeness (QED) is 0.288. The van der Waals surface area contributed by atoms with Crippen molar-refractivity contribution in [2.24, 2.45) is 0 Å². The van der Waals surface area contributed by atoms with Crippen LogP contribution < -0.4 is 0 Å². The van der Waals surface area contributed by atoms with Gasteiger partial charge in [-0.1, -0.05) is 6.58 Å². The molecule has 0 aliphatic rings. The number of ether oxygens (including phenoxy) is 1.